The molecule has 0 saturated heterocycles. The average molecular weight is 443 g/mol. The van der Waals surface area contributed by atoms with Crippen LogP contribution in [0.2, 0.25) is 0 Å². The normalized spacial score (nSPS) is 9.97. The molecule has 0 heterocycles. The molecule has 0 unspecified atom stereocenters. The zero-order valence-electron chi connectivity index (χ0n) is 17.3. The number of benzene rings is 2. The fourth-order valence-corrected chi connectivity index (χ4v) is 2.63. The number of nitrogens with one attached hydrogen (secondary N) is 4. The van der Waals surface area contributed by atoms with Gasteiger partial charge >= 0.3 is 0 Å². The molecule has 0 atom stereocenters. The van der Waals surface area contributed by atoms with Crippen LogP contribution >= 0.6 is 12.2 Å². The maximum atomic E-state index is 11.9. The van der Waals surface area contributed by atoms with E-state index in [1.807, 2.05) is 42.5 Å². The Morgan fingerprint density at radius 1 is 0.839 bits per heavy atom. The van der Waals surface area contributed by atoms with Gasteiger partial charge < -0.3 is 10.1 Å². The van der Waals surface area contributed by atoms with Crippen LogP contribution in [0, 0.1) is 0 Å². The lowest BCUT2D eigenvalue weighted by Gasteiger charge is -2.11. The molecule has 0 saturated carbocycles. The number of amides is 3. The van der Waals surface area contributed by atoms with Gasteiger partial charge in [-0.05, 0) is 41.9 Å². The first-order valence-corrected chi connectivity index (χ1v) is 10.3. The molecule has 0 fully saturated rings. The molecule has 0 aliphatic carbocycles. The van der Waals surface area contributed by atoms with Crippen molar-refractivity contribution in [2.45, 2.75) is 32.7 Å². The highest BCUT2D eigenvalue weighted by Gasteiger charge is 2.09. The number of rotatable bonds is 9. The van der Waals surface area contributed by atoms with Crippen LogP contribution in [0.4, 0.5) is 0 Å². The van der Waals surface area contributed by atoms with Gasteiger partial charge in [0.05, 0.1) is 0 Å². The van der Waals surface area contributed by atoms with Crippen molar-refractivity contribution in [2.75, 3.05) is 6.61 Å². The summed E-state index contributed by atoms with van der Waals surface area (Å²) < 4.78 is 5.38. The minimum Gasteiger partial charge on any atom is -0.484 e. The lowest BCUT2D eigenvalue weighted by atomic mass is 10.2. The molecule has 0 bridgehead atoms. The number of ether oxygens (including phenoxy) is 1. The summed E-state index contributed by atoms with van der Waals surface area (Å²) in [5, 5.41) is 5.06. The van der Waals surface area contributed by atoms with Crippen LogP contribution in [0.25, 0.3) is 0 Å². The lowest BCUT2D eigenvalue weighted by molar-refractivity contribution is -0.126. The molecule has 0 spiro atoms. The molecule has 0 aliphatic heterocycles. The van der Waals surface area contributed by atoms with E-state index < -0.39 is 11.8 Å². The number of hydrazine groups is 1. The van der Waals surface area contributed by atoms with Gasteiger partial charge in [-0.25, -0.2) is 0 Å². The summed E-state index contributed by atoms with van der Waals surface area (Å²) in [6.45, 7) is 2.24. The molecule has 0 radical (unpaired) electrons. The van der Waals surface area contributed by atoms with E-state index in [-0.39, 0.29) is 30.5 Å². The first-order valence-electron chi connectivity index (χ1n) is 9.87. The molecule has 4 N–H and O–H groups in total. The van der Waals surface area contributed by atoms with Gasteiger partial charge in [0.15, 0.2) is 11.7 Å². The SMILES string of the molecule is CCc1ccc(OCC(=O)NC(=S)NNC(=O)CCC(=O)NCc2ccccc2)cc1. The molecule has 8 nitrogen and oxygen atoms in total. The predicted molar refractivity (Wildman–Crippen MR) is 121 cm³/mol. The number of hydrogen-bond donors (Lipinski definition) is 4. The van der Waals surface area contributed by atoms with Gasteiger partial charge in [-0.15, -0.1) is 0 Å². The Morgan fingerprint density at radius 2 is 1.52 bits per heavy atom. The standard InChI is InChI=1S/C22H26N4O4S/c1-2-16-8-10-18(11-9-16)30-15-21(29)24-22(31)26-25-20(28)13-12-19(27)23-14-17-6-4-3-5-7-17/h3-11H,2,12-15H2,1H3,(H,23,27)(H,25,28)(H2,24,26,29,31). The molecular weight excluding hydrogens is 416 g/mol. The van der Waals surface area contributed by atoms with Crippen molar-refractivity contribution in [2.24, 2.45) is 0 Å². The number of carbonyl (C=O) groups is 3. The molecular formula is C22H26N4O4S. The van der Waals surface area contributed by atoms with E-state index in [9.17, 15) is 14.4 Å². The summed E-state index contributed by atoms with van der Waals surface area (Å²) in [7, 11) is 0. The summed E-state index contributed by atoms with van der Waals surface area (Å²) >= 11 is 4.95. The molecule has 2 aromatic carbocycles. The third-order valence-electron chi connectivity index (χ3n) is 4.18. The van der Waals surface area contributed by atoms with Crippen LogP contribution in [0.15, 0.2) is 54.6 Å². The first kappa shape index (κ1) is 23.8. The second-order valence-electron chi connectivity index (χ2n) is 6.60. The van der Waals surface area contributed by atoms with E-state index >= 15 is 0 Å². The summed E-state index contributed by atoms with van der Waals surface area (Å²) in [6, 6.07) is 16.9. The quantitative estimate of drug-likeness (QED) is 0.348. The smallest absolute Gasteiger partial charge is 0.264 e. The number of carbonyl (C=O) groups excluding carboxylic acids is 3. The van der Waals surface area contributed by atoms with Crippen LogP contribution < -0.4 is 26.2 Å². The van der Waals surface area contributed by atoms with Crippen molar-refractivity contribution in [3.63, 3.8) is 0 Å². The van der Waals surface area contributed by atoms with Gasteiger partial charge in [0.2, 0.25) is 11.8 Å². The Balaban J connectivity index is 1.57. The Kier molecular flexibility index (Phi) is 9.96. The topological polar surface area (TPSA) is 109 Å². The minimum atomic E-state index is -0.466. The highest BCUT2D eigenvalue weighted by Crippen LogP contribution is 2.12. The van der Waals surface area contributed by atoms with Crippen molar-refractivity contribution in [1.29, 1.82) is 0 Å². The Morgan fingerprint density at radius 3 is 2.19 bits per heavy atom. The van der Waals surface area contributed by atoms with Gasteiger partial charge in [-0.2, -0.15) is 0 Å². The summed E-state index contributed by atoms with van der Waals surface area (Å²) in [4.78, 5) is 35.5. The molecule has 3 amide bonds. The van der Waals surface area contributed by atoms with Gasteiger partial charge in [0.1, 0.15) is 5.75 Å². The zero-order chi connectivity index (χ0) is 22.5. The molecule has 164 valence electrons. The Bertz CT molecular complexity index is 888. The highest BCUT2D eigenvalue weighted by atomic mass is 32.1. The maximum absolute atomic E-state index is 11.9. The Hall–Kier alpha value is -3.46. The van der Waals surface area contributed by atoms with E-state index in [2.05, 4.69) is 28.4 Å². The maximum Gasteiger partial charge on any atom is 0.264 e. The number of hydrogen-bond acceptors (Lipinski definition) is 5. The van der Waals surface area contributed by atoms with Gasteiger partial charge in [0.25, 0.3) is 5.91 Å². The molecule has 31 heavy (non-hydrogen) atoms. The summed E-state index contributed by atoms with van der Waals surface area (Å²) in [5.41, 5.74) is 6.91. The predicted octanol–water partition coefficient (Wildman–Crippen LogP) is 1.75. The fraction of sp³-hybridized carbons (Fsp3) is 0.273. The van der Waals surface area contributed by atoms with E-state index in [0.29, 0.717) is 12.3 Å². The zero-order valence-corrected chi connectivity index (χ0v) is 18.1. The monoisotopic (exact) mass is 442 g/mol. The van der Waals surface area contributed by atoms with Crippen molar-refractivity contribution in [1.82, 2.24) is 21.5 Å². The van der Waals surface area contributed by atoms with E-state index in [0.717, 1.165) is 12.0 Å². The van der Waals surface area contributed by atoms with Crippen LogP contribution in [-0.4, -0.2) is 29.4 Å². The van der Waals surface area contributed by atoms with Crippen molar-refractivity contribution >= 4 is 35.1 Å². The van der Waals surface area contributed by atoms with E-state index in [4.69, 9.17) is 17.0 Å². The summed E-state index contributed by atoms with van der Waals surface area (Å²) in [6.07, 6.45) is 0.927. The Labute approximate surface area is 186 Å². The number of thiocarbonyl (C=S) groups is 1. The second kappa shape index (κ2) is 13.0. The minimum absolute atomic E-state index is 0.0267. The van der Waals surface area contributed by atoms with Crippen LogP contribution in [0.1, 0.15) is 30.9 Å². The third-order valence-corrected chi connectivity index (χ3v) is 4.39. The van der Waals surface area contributed by atoms with Crippen molar-refractivity contribution in [3.8, 4) is 5.75 Å². The third kappa shape index (κ3) is 9.72. The van der Waals surface area contributed by atoms with Crippen LogP contribution in [0.3, 0.4) is 0 Å². The lowest BCUT2D eigenvalue weighted by Crippen LogP contribution is -2.49. The molecule has 9 heteroatoms. The molecule has 0 aliphatic rings. The first-order chi connectivity index (χ1) is 15.0. The van der Waals surface area contributed by atoms with Gasteiger partial charge in [-0.1, -0.05) is 49.4 Å². The number of aryl methyl sites for hydroxylation is 1. The van der Waals surface area contributed by atoms with Crippen molar-refractivity contribution < 1.29 is 19.1 Å². The molecule has 2 rings (SSSR count). The van der Waals surface area contributed by atoms with E-state index in [1.54, 1.807) is 12.1 Å². The largest absolute Gasteiger partial charge is 0.484 e. The second-order valence-corrected chi connectivity index (χ2v) is 7.01. The average Bonchev–Trinajstić information content (AvgIpc) is 2.79. The van der Waals surface area contributed by atoms with Gasteiger partial charge in [0, 0.05) is 19.4 Å². The van der Waals surface area contributed by atoms with Gasteiger partial charge in [-0.3, -0.25) is 30.6 Å². The van der Waals surface area contributed by atoms with Crippen LogP contribution in [0.5, 0.6) is 5.75 Å². The van der Waals surface area contributed by atoms with E-state index in [1.165, 1.54) is 5.56 Å². The molecule has 0 aromatic heterocycles. The molecule has 2 aromatic rings. The summed E-state index contributed by atoms with van der Waals surface area (Å²) in [5.74, 6) is -0.561. The fourth-order valence-electron chi connectivity index (χ4n) is 2.47. The van der Waals surface area contributed by atoms with Crippen LogP contribution in [-0.2, 0) is 27.3 Å². The van der Waals surface area contributed by atoms with Crippen molar-refractivity contribution in [3.05, 3.63) is 65.7 Å². The highest BCUT2D eigenvalue weighted by molar-refractivity contribution is 7.80.